The molecule has 0 saturated carbocycles. The summed E-state index contributed by atoms with van der Waals surface area (Å²) in [7, 11) is 0. The lowest BCUT2D eigenvalue weighted by Crippen LogP contribution is -2.07. The number of aromatic nitrogens is 1. The van der Waals surface area contributed by atoms with E-state index in [9.17, 15) is 0 Å². The fourth-order valence-electron chi connectivity index (χ4n) is 1.57. The first-order valence-electron chi connectivity index (χ1n) is 4.81. The number of hydrogen-bond acceptors (Lipinski definition) is 4. The number of aliphatic hydroxyl groups excluding tert-OH is 1. The number of nitrogen functional groups attached to an aromatic ring is 1. The van der Waals surface area contributed by atoms with Crippen LogP contribution in [0.1, 0.15) is 0 Å². The van der Waals surface area contributed by atoms with Crippen LogP contribution in [-0.4, -0.2) is 23.2 Å². The first kappa shape index (κ1) is 9.73. The maximum Gasteiger partial charge on any atom is 0.135 e. The molecule has 15 heavy (non-hydrogen) atoms. The SMILES string of the molecule is Nc1cccc2ccnc(NCCO)c12. The maximum absolute atomic E-state index is 8.75. The Morgan fingerprint density at radius 3 is 3.00 bits per heavy atom. The summed E-state index contributed by atoms with van der Waals surface area (Å²) in [5, 5.41) is 13.7. The van der Waals surface area contributed by atoms with Crippen molar-refractivity contribution in [3.8, 4) is 0 Å². The third kappa shape index (κ3) is 1.85. The van der Waals surface area contributed by atoms with Gasteiger partial charge in [0.1, 0.15) is 5.82 Å². The monoisotopic (exact) mass is 203 g/mol. The van der Waals surface area contributed by atoms with Crippen molar-refractivity contribution in [3.05, 3.63) is 30.5 Å². The first-order chi connectivity index (χ1) is 7.33. The Morgan fingerprint density at radius 1 is 1.33 bits per heavy atom. The van der Waals surface area contributed by atoms with Crippen molar-refractivity contribution < 1.29 is 5.11 Å². The summed E-state index contributed by atoms with van der Waals surface area (Å²) in [5.41, 5.74) is 6.58. The van der Waals surface area contributed by atoms with Crippen LogP contribution in [0.25, 0.3) is 10.8 Å². The van der Waals surface area contributed by atoms with E-state index in [1.807, 2.05) is 24.3 Å². The highest BCUT2D eigenvalue weighted by Gasteiger charge is 2.04. The van der Waals surface area contributed by atoms with Gasteiger partial charge in [-0.05, 0) is 17.5 Å². The molecule has 0 atom stereocenters. The minimum Gasteiger partial charge on any atom is -0.398 e. The Morgan fingerprint density at radius 2 is 2.20 bits per heavy atom. The third-order valence-electron chi connectivity index (χ3n) is 2.23. The fourth-order valence-corrected chi connectivity index (χ4v) is 1.57. The molecule has 4 nitrogen and oxygen atoms in total. The topological polar surface area (TPSA) is 71.2 Å². The van der Waals surface area contributed by atoms with Gasteiger partial charge >= 0.3 is 0 Å². The minimum atomic E-state index is 0.0742. The summed E-state index contributed by atoms with van der Waals surface area (Å²) in [6.07, 6.45) is 1.72. The van der Waals surface area contributed by atoms with E-state index in [2.05, 4.69) is 10.3 Å². The van der Waals surface area contributed by atoms with E-state index < -0.39 is 0 Å². The van der Waals surface area contributed by atoms with Crippen LogP contribution in [0.4, 0.5) is 11.5 Å². The van der Waals surface area contributed by atoms with Crippen molar-refractivity contribution >= 4 is 22.3 Å². The highest BCUT2D eigenvalue weighted by Crippen LogP contribution is 2.26. The number of nitrogens with two attached hydrogens (primary N) is 1. The molecule has 4 heteroatoms. The van der Waals surface area contributed by atoms with Gasteiger partial charge < -0.3 is 16.2 Å². The van der Waals surface area contributed by atoms with Crippen LogP contribution in [0, 0.1) is 0 Å². The summed E-state index contributed by atoms with van der Waals surface area (Å²) in [5.74, 6) is 0.722. The molecule has 0 bridgehead atoms. The molecular formula is C11H13N3O. The number of nitrogens with zero attached hydrogens (tertiary/aromatic N) is 1. The average Bonchev–Trinajstić information content (AvgIpc) is 2.26. The number of benzene rings is 1. The fraction of sp³-hybridized carbons (Fsp3) is 0.182. The summed E-state index contributed by atoms with van der Waals surface area (Å²) >= 11 is 0. The number of aliphatic hydroxyl groups is 1. The van der Waals surface area contributed by atoms with E-state index >= 15 is 0 Å². The van der Waals surface area contributed by atoms with E-state index in [0.717, 1.165) is 16.6 Å². The third-order valence-corrected chi connectivity index (χ3v) is 2.23. The van der Waals surface area contributed by atoms with Crippen molar-refractivity contribution in [2.45, 2.75) is 0 Å². The largest absolute Gasteiger partial charge is 0.398 e. The molecule has 2 rings (SSSR count). The number of fused-ring (bicyclic) bond motifs is 1. The molecule has 4 N–H and O–H groups in total. The van der Waals surface area contributed by atoms with Crippen LogP contribution in [0.15, 0.2) is 30.5 Å². The van der Waals surface area contributed by atoms with E-state index in [4.69, 9.17) is 10.8 Å². The van der Waals surface area contributed by atoms with Gasteiger partial charge in [0.2, 0.25) is 0 Å². The Labute approximate surface area is 87.7 Å². The Kier molecular flexibility index (Phi) is 2.69. The van der Waals surface area contributed by atoms with Crippen LogP contribution >= 0.6 is 0 Å². The molecular weight excluding hydrogens is 190 g/mol. The summed E-state index contributed by atoms with van der Waals surface area (Å²) in [6, 6.07) is 7.65. The number of hydrogen-bond donors (Lipinski definition) is 3. The molecule has 0 spiro atoms. The zero-order valence-electron chi connectivity index (χ0n) is 8.27. The van der Waals surface area contributed by atoms with Gasteiger partial charge in [-0.25, -0.2) is 4.98 Å². The Hall–Kier alpha value is -1.81. The molecule has 2 aromatic rings. The Bertz CT molecular complexity index is 465. The molecule has 1 heterocycles. The van der Waals surface area contributed by atoms with Crippen LogP contribution in [0.2, 0.25) is 0 Å². The number of pyridine rings is 1. The molecule has 0 aliphatic heterocycles. The second kappa shape index (κ2) is 4.14. The van der Waals surface area contributed by atoms with E-state index in [0.29, 0.717) is 12.2 Å². The first-order valence-corrected chi connectivity index (χ1v) is 4.81. The molecule has 0 unspecified atom stereocenters. The molecule has 0 radical (unpaired) electrons. The van der Waals surface area contributed by atoms with Gasteiger partial charge in [0.05, 0.1) is 6.61 Å². The van der Waals surface area contributed by atoms with Crippen molar-refractivity contribution in [2.24, 2.45) is 0 Å². The molecule has 78 valence electrons. The summed E-state index contributed by atoms with van der Waals surface area (Å²) < 4.78 is 0. The van der Waals surface area contributed by atoms with Gasteiger partial charge in [-0.3, -0.25) is 0 Å². The van der Waals surface area contributed by atoms with Crippen LogP contribution in [0.5, 0.6) is 0 Å². The minimum absolute atomic E-state index is 0.0742. The van der Waals surface area contributed by atoms with Gasteiger partial charge in [-0.2, -0.15) is 0 Å². The highest BCUT2D eigenvalue weighted by atomic mass is 16.3. The number of anilines is 2. The van der Waals surface area contributed by atoms with E-state index in [1.165, 1.54) is 0 Å². The second-order valence-electron chi connectivity index (χ2n) is 3.26. The van der Waals surface area contributed by atoms with Crippen molar-refractivity contribution in [2.75, 3.05) is 24.2 Å². The van der Waals surface area contributed by atoms with Crippen LogP contribution in [0.3, 0.4) is 0 Å². The summed E-state index contributed by atoms with van der Waals surface area (Å²) in [4.78, 5) is 4.20. The van der Waals surface area contributed by atoms with E-state index in [-0.39, 0.29) is 6.61 Å². The van der Waals surface area contributed by atoms with Crippen LogP contribution in [-0.2, 0) is 0 Å². The average molecular weight is 203 g/mol. The normalized spacial score (nSPS) is 10.5. The van der Waals surface area contributed by atoms with Gasteiger partial charge in [-0.15, -0.1) is 0 Å². The predicted octanol–water partition coefficient (Wildman–Crippen LogP) is 1.22. The quantitative estimate of drug-likeness (QED) is 0.656. The van der Waals surface area contributed by atoms with Crippen molar-refractivity contribution in [1.29, 1.82) is 0 Å². The highest BCUT2D eigenvalue weighted by molar-refractivity contribution is 6.00. The molecule has 0 aliphatic rings. The Balaban J connectivity index is 2.53. The standard InChI is InChI=1S/C11H13N3O/c12-9-3-1-2-8-4-5-13-11(10(8)9)14-6-7-15/h1-5,15H,6-7,12H2,(H,13,14). The zero-order valence-corrected chi connectivity index (χ0v) is 8.27. The van der Waals surface area contributed by atoms with Crippen molar-refractivity contribution in [3.63, 3.8) is 0 Å². The van der Waals surface area contributed by atoms with Crippen LogP contribution < -0.4 is 11.1 Å². The molecule has 1 aromatic heterocycles. The predicted molar refractivity (Wildman–Crippen MR) is 61.7 cm³/mol. The molecule has 0 amide bonds. The van der Waals surface area contributed by atoms with Crippen molar-refractivity contribution in [1.82, 2.24) is 4.98 Å². The molecule has 0 saturated heterocycles. The van der Waals surface area contributed by atoms with Gasteiger partial charge in [0, 0.05) is 23.8 Å². The summed E-state index contributed by atoms with van der Waals surface area (Å²) in [6.45, 7) is 0.547. The smallest absolute Gasteiger partial charge is 0.135 e. The van der Waals surface area contributed by atoms with Gasteiger partial charge in [0.25, 0.3) is 0 Å². The van der Waals surface area contributed by atoms with Gasteiger partial charge in [0.15, 0.2) is 0 Å². The maximum atomic E-state index is 8.75. The lowest BCUT2D eigenvalue weighted by atomic mass is 10.1. The zero-order chi connectivity index (χ0) is 10.7. The van der Waals surface area contributed by atoms with E-state index in [1.54, 1.807) is 6.20 Å². The molecule has 0 aliphatic carbocycles. The van der Waals surface area contributed by atoms with Gasteiger partial charge in [-0.1, -0.05) is 12.1 Å². The lowest BCUT2D eigenvalue weighted by molar-refractivity contribution is 0.311. The second-order valence-corrected chi connectivity index (χ2v) is 3.26. The number of nitrogens with one attached hydrogen (secondary N) is 1. The number of rotatable bonds is 3. The molecule has 0 fully saturated rings. The molecule has 1 aromatic carbocycles. The lowest BCUT2D eigenvalue weighted by Gasteiger charge is -2.09.